The van der Waals surface area contributed by atoms with Crippen LogP contribution in [0.25, 0.3) is 0 Å². The summed E-state index contributed by atoms with van der Waals surface area (Å²) in [5.41, 5.74) is 1.04. The van der Waals surface area contributed by atoms with Crippen molar-refractivity contribution in [3.05, 3.63) is 47.8 Å². The molecule has 12 nitrogen and oxygen atoms in total. The number of carboxylic acid groups (broad SMARTS) is 4. The Hall–Kier alpha value is -3.64. The van der Waals surface area contributed by atoms with Crippen molar-refractivity contribution in [3.63, 3.8) is 0 Å². The number of aliphatic carboxylic acids is 3. The van der Waals surface area contributed by atoms with Crippen LogP contribution in [0, 0.1) is 0 Å². The van der Waals surface area contributed by atoms with Gasteiger partial charge in [0.05, 0.1) is 12.1 Å². The molecule has 0 radical (unpaired) electrons. The second kappa shape index (κ2) is 13.2. The van der Waals surface area contributed by atoms with Crippen molar-refractivity contribution >= 4 is 23.9 Å². The quantitative estimate of drug-likeness (QED) is 0.371. The molecule has 0 saturated heterocycles. The molecule has 0 saturated carbocycles. The van der Waals surface area contributed by atoms with E-state index in [0.717, 1.165) is 5.56 Å². The predicted molar refractivity (Wildman–Crippen MR) is 120 cm³/mol. The molecule has 0 spiro atoms. The first kappa shape index (κ1) is 26.6. The lowest BCUT2D eigenvalue weighted by Gasteiger charge is -2.31. The molecule has 4 N–H and O–H groups in total. The number of rotatable bonds is 9. The normalized spacial score (nSPS) is 17.4. The van der Waals surface area contributed by atoms with Crippen molar-refractivity contribution in [2.45, 2.75) is 6.54 Å². The largest absolute Gasteiger partial charge is 0.480 e. The molecule has 186 valence electrons. The lowest BCUT2D eigenvalue weighted by atomic mass is 10.1. The Labute approximate surface area is 196 Å². The highest BCUT2D eigenvalue weighted by molar-refractivity contribution is 5.87. The molecule has 1 aliphatic rings. The maximum absolute atomic E-state index is 11.3. The number of nitrogens with zero attached hydrogens (tertiary/aromatic N) is 4. The molecule has 2 rings (SSSR count). The number of benzene rings is 1. The average Bonchev–Trinajstić information content (AvgIpc) is 2.74. The summed E-state index contributed by atoms with van der Waals surface area (Å²) in [5.74, 6) is -4.08. The second-order valence-corrected chi connectivity index (χ2v) is 7.97. The fourth-order valence-corrected chi connectivity index (χ4v) is 3.51. The van der Waals surface area contributed by atoms with E-state index in [9.17, 15) is 29.4 Å². The van der Waals surface area contributed by atoms with Crippen molar-refractivity contribution in [1.82, 2.24) is 19.6 Å². The van der Waals surface area contributed by atoms with Gasteiger partial charge in [-0.05, 0) is 17.7 Å². The molecule has 1 aromatic rings. The summed E-state index contributed by atoms with van der Waals surface area (Å²) in [6.07, 6.45) is 3.06. The van der Waals surface area contributed by atoms with Gasteiger partial charge in [-0.25, -0.2) is 4.79 Å². The Morgan fingerprint density at radius 2 is 1.06 bits per heavy atom. The zero-order valence-corrected chi connectivity index (χ0v) is 18.7. The van der Waals surface area contributed by atoms with Gasteiger partial charge in [0.1, 0.15) is 13.1 Å². The van der Waals surface area contributed by atoms with Crippen LogP contribution >= 0.6 is 0 Å². The summed E-state index contributed by atoms with van der Waals surface area (Å²) in [6.45, 7) is 1.97. The van der Waals surface area contributed by atoms with E-state index < -0.39 is 23.9 Å². The fourth-order valence-electron chi connectivity index (χ4n) is 3.51. The molecular weight excluding hydrogens is 448 g/mol. The van der Waals surface area contributed by atoms with E-state index in [2.05, 4.69) is 0 Å². The Kier molecular flexibility index (Phi) is 10.3. The molecule has 0 bridgehead atoms. The topological polar surface area (TPSA) is 162 Å². The van der Waals surface area contributed by atoms with Crippen LogP contribution in [0.4, 0.5) is 0 Å². The van der Waals surface area contributed by atoms with Gasteiger partial charge in [-0.2, -0.15) is 0 Å². The van der Waals surface area contributed by atoms with Crippen LogP contribution < -0.4 is 0 Å². The molecule has 1 heterocycles. The molecule has 0 amide bonds. The fraction of sp³-hybridized carbons (Fsp3) is 0.455. The van der Waals surface area contributed by atoms with Gasteiger partial charge in [0, 0.05) is 58.2 Å². The average molecular weight is 479 g/mol. The lowest BCUT2D eigenvalue weighted by molar-refractivity contribution is -0.139. The molecule has 0 aromatic heterocycles. The zero-order chi connectivity index (χ0) is 25.1. The van der Waals surface area contributed by atoms with Gasteiger partial charge in [0.15, 0.2) is 0 Å². The Morgan fingerprint density at radius 1 is 0.618 bits per heavy atom. The number of carboxylic acids is 4. The summed E-state index contributed by atoms with van der Waals surface area (Å²) in [6, 6.07) is 6.46. The number of hydrogen-bond donors (Lipinski definition) is 4. The molecule has 34 heavy (non-hydrogen) atoms. The van der Waals surface area contributed by atoms with Gasteiger partial charge in [-0.15, -0.1) is 0 Å². The van der Waals surface area contributed by atoms with Crippen LogP contribution in [0.2, 0.25) is 0 Å². The monoisotopic (exact) mass is 478 g/mol. The smallest absolute Gasteiger partial charge is 0.335 e. The van der Waals surface area contributed by atoms with E-state index in [-0.39, 0.29) is 31.7 Å². The van der Waals surface area contributed by atoms with Crippen molar-refractivity contribution in [3.8, 4) is 0 Å². The van der Waals surface area contributed by atoms with Gasteiger partial charge >= 0.3 is 23.9 Å². The highest BCUT2D eigenvalue weighted by Gasteiger charge is 2.17. The van der Waals surface area contributed by atoms with E-state index in [1.165, 1.54) is 23.2 Å². The van der Waals surface area contributed by atoms with Crippen LogP contribution in [0.1, 0.15) is 15.9 Å². The Balaban J connectivity index is 2.22. The standard InChI is InChI=1S/C22H30N4O8/c27-19(28)14-24-7-5-23(13-17-1-3-18(4-2-17)22(33)34)6-8-25(15-20(29)30)10-12-26(11-9-24)16-21(31)32/h1-4,9,11H,5-8,10,12-16H2,(H,27,28)(H,29,30)(H,31,32)(H,33,34)/b11-9-. The highest BCUT2D eigenvalue weighted by atomic mass is 16.4. The van der Waals surface area contributed by atoms with Gasteiger partial charge in [0.2, 0.25) is 0 Å². The van der Waals surface area contributed by atoms with E-state index >= 15 is 0 Å². The molecule has 12 heteroatoms. The van der Waals surface area contributed by atoms with Crippen LogP contribution in [0.5, 0.6) is 0 Å². The van der Waals surface area contributed by atoms with Gasteiger partial charge in [-0.1, -0.05) is 12.1 Å². The van der Waals surface area contributed by atoms with Gasteiger partial charge in [-0.3, -0.25) is 24.2 Å². The predicted octanol–water partition coefficient (Wildman–Crippen LogP) is -0.169. The van der Waals surface area contributed by atoms with Crippen molar-refractivity contribution in [2.75, 3.05) is 58.9 Å². The Bertz CT molecular complexity index is 889. The lowest BCUT2D eigenvalue weighted by Crippen LogP contribution is -2.44. The minimum atomic E-state index is -1.05. The van der Waals surface area contributed by atoms with E-state index in [0.29, 0.717) is 39.3 Å². The highest BCUT2D eigenvalue weighted by Crippen LogP contribution is 2.09. The number of hydrogen-bond acceptors (Lipinski definition) is 8. The third-order valence-corrected chi connectivity index (χ3v) is 5.27. The van der Waals surface area contributed by atoms with E-state index in [4.69, 9.17) is 10.2 Å². The minimum Gasteiger partial charge on any atom is -0.480 e. The number of carbonyl (C=O) groups is 4. The first-order chi connectivity index (χ1) is 16.1. The maximum Gasteiger partial charge on any atom is 0.335 e. The van der Waals surface area contributed by atoms with E-state index in [1.54, 1.807) is 28.1 Å². The maximum atomic E-state index is 11.3. The van der Waals surface area contributed by atoms with Crippen LogP contribution in [-0.2, 0) is 20.9 Å². The van der Waals surface area contributed by atoms with Gasteiger partial charge in [0.25, 0.3) is 0 Å². The first-order valence-corrected chi connectivity index (χ1v) is 10.7. The molecule has 0 atom stereocenters. The minimum absolute atomic E-state index is 0.175. The molecule has 0 aliphatic carbocycles. The third kappa shape index (κ3) is 9.88. The van der Waals surface area contributed by atoms with Crippen LogP contribution in [0.15, 0.2) is 36.7 Å². The van der Waals surface area contributed by atoms with Crippen LogP contribution in [-0.4, -0.2) is 123 Å². The Morgan fingerprint density at radius 3 is 1.53 bits per heavy atom. The van der Waals surface area contributed by atoms with E-state index in [1.807, 2.05) is 4.90 Å². The summed E-state index contributed by atoms with van der Waals surface area (Å²) in [5, 5.41) is 36.8. The summed E-state index contributed by atoms with van der Waals surface area (Å²) >= 11 is 0. The third-order valence-electron chi connectivity index (χ3n) is 5.27. The summed E-state index contributed by atoms with van der Waals surface area (Å²) < 4.78 is 0. The molecule has 0 unspecified atom stereocenters. The van der Waals surface area contributed by atoms with Crippen LogP contribution in [0.3, 0.4) is 0 Å². The zero-order valence-electron chi connectivity index (χ0n) is 18.7. The molecule has 0 fully saturated rings. The van der Waals surface area contributed by atoms with Crippen molar-refractivity contribution in [1.29, 1.82) is 0 Å². The molecule has 1 aromatic carbocycles. The molecule has 1 aliphatic heterocycles. The summed E-state index contributed by atoms with van der Waals surface area (Å²) in [7, 11) is 0. The SMILES string of the molecule is O=C(O)CN1/C=C\N(CC(=O)O)CCN(Cc2ccc(C(=O)O)cc2)CCN(CC(=O)O)CC1. The van der Waals surface area contributed by atoms with Gasteiger partial charge < -0.3 is 30.2 Å². The van der Waals surface area contributed by atoms with Crippen molar-refractivity contribution < 1.29 is 39.6 Å². The first-order valence-electron chi connectivity index (χ1n) is 10.7. The second-order valence-electron chi connectivity index (χ2n) is 7.97. The molecular formula is C22H30N4O8. The van der Waals surface area contributed by atoms with Crippen molar-refractivity contribution in [2.24, 2.45) is 0 Å². The number of aromatic carboxylic acids is 1. The summed E-state index contributed by atoms with van der Waals surface area (Å²) in [4.78, 5) is 51.8.